The number of rotatable bonds is 11. The second-order valence-electron chi connectivity index (χ2n) is 6.76. The number of hydrogen-bond donors (Lipinski definition) is 3. The number of methoxy groups -OCH3 is 1. The molecule has 0 saturated carbocycles. The van der Waals surface area contributed by atoms with Crippen LogP contribution in [0.3, 0.4) is 0 Å². The van der Waals surface area contributed by atoms with Crippen molar-refractivity contribution in [3.63, 3.8) is 0 Å². The number of nitrogens with zero attached hydrogens (tertiary/aromatic N) is 1. The van der Waals surface area contributed by atoms with E-state index < -0.39 is 0 Å². The van der Waals surface area contributed by atoms with Crippen LogP contribution in [-0.2, 0) is 16.1 Å². The first-order valence-corrected chi connectivity index (χ1v) is 9.38. The van der Waals surface area contributed by atoms with Gasteiger partial charge >= 0.3 is 0 Å². The van der Waals surface area contributed by atoms with Crippen LogP contribution in [0.2, 0.25) is 0 Å². The van der Waals surface area contributed by atoms with Gasteiger partial charge in [-0.25, -0.2) is 0 Å². The topological polar surface area (TPSA) is 84.0 Å². The van der Waals surface area contributed by atoms with E-state index in [1.165, 1.54) is 0 Å². The minimum absolute atomic E-state index is 0. The normalized spacial score (nSPS) is 11.0. The molecular formula is C20H35IN4O3. The lowest BCUT2D eigenvalue weighted by Crippen LogP contribution is -2.43. The number of carbonyl (C=O) groups is 1. The van der Waals surface area contributed by atoms with Gasteiger partial charge in [0, 0.05) is 32.8 Å². The number of nitrogens with one attached hydrogen (secondary N) is 3. The maximum atomic E-state index is 11.7. The average molecular weight is 506 g/mol. The van der Waals surface area contributed by atoms with E-state index in [-0.39, 0.29) is 36.4 Å². The minimum atomic E-state index is -0.108. The molecule has 0 unspecified atom stereocenters. The summed E-state index contributed by atoms with van der Waals surface area (Å²) in [7, 11) is 3.27. The largest absolute Gasteiger partial charge is 0.493 e. The van der Waals surface area contributed by atoms with Crippen LogP contribution in [0, 0.1) is 12.8 Å². The number of aryl methyl sites for hydroxylation is 1. The maximum Gasteiger partial charge on any atom is 0.239 e. The number of guanidine groups is 1. The van der Waals surface area contributed by atoms with Gasteiger partial charge in [-0.1, -0.05) is 26.0 Å². The van der Waals surface area contributed by atoms with Crippen LogP contribution in [0.5, 0.6) is 5.75 Å². The second kappa shape index (κ2) is 15.4. The highest BCUT2D eigenvalue weighted by Crippen LogP contribution is 2.21. The molecule has 0 atom stereocenters. The molecule has 0 aliphatic rings. The molecule has 0 radical (unpaired) electrons. The zero-order valence-electron chi connectivity index (χ0n) is 17.6. The van der Waals surface area contributed by atoms with Gasteiger partial charge in [0.05, 0.1) is 19.8 Å². The molecule has 1 amide bonds. The van der Waals surface area contributed by atoms with Crippen LogP contribution in [0.1, 0.15) is 31.4 Å². The van der Waals surface area contributed by atoms with Crippen molar-refractivity contribution in [2.24, 2.45) is 10.9 Å². The van der Waals surface area contributed by atoms with Crippen molar-refractivity contribution in [3.05, 3.63) is 29.3 Å². The van der Waals surface area contributed by atoms with E-state index >= 15 is 0 Å². The Morgan fingerprint density at radius 3 is 2.57 bits per heavy atom. The summed E-state index contributed by atoms with van der Waals surface area (Å²) in [6.07, 6.45) is 1.02. The predicted molar refractivity (Wildman–Crippen MR) is 125 cm³/mol. The molecule has 0 spiro atoms. The number of benzene rings is 1. The molecule has 7 nitrogen and oxygen atoms in total. The zero-order chi connectivity index (χ0) is 20.1. The van der Waals surface area contributed by atoms with Crippen molar-refractivity contribution in [2.75, 3.05) is 40.5 Å². The molecule has 1 aromatic carbocycles. The highest BCUT2D eigenvalue weighted by Gasteiger charge is 2.08. The van der Waals surface area contributed by atoms with E-state index in [1.807, 2.05) is 0 Å². The lowest BCUT2D eigenvalue weighted by Gasteiger charge is -2.16. The Morgan fingerprint density at radius 1 is 1.18 bits per heavy atom. The Labute approximate surface area is 186 Å². The Balaban J connectivity index is 0.00000729. The zero-order valence-corrected chi connectivity index (χ0v) is 20.0. The van der Waals surface area contributed by atoms with Gasteiger partial charge in [0.2, 0.25) is 5.91 Å². The van der Waals surface area contributed by atoms with Crippen LogP contribution < -0.4 is 20.7 Å². The van der Waals surface area contributed by atoms with E-state index in [0.29, 0.717) is 38.2 Å². The van der Waals surface area contributed by atoms with E-state index in [9.17, 15) is 4.79 Å². The van der Waals surface area contributed by atoms with Crippen LogP contribution in [0.15, 0.2) is 23.2 Å². The smallest absolute Gasteiger partial charge is 0.239 e. The first-order valence-electron chi connectivity index (χ1n) is 9.38. The second-order valence-corrected chi connectivity index (χ2v) is 6.76. The SMILES string of the molecule is CN=C(NCC(=O)NCCOC)NCc1ccc(C)cc1OCCC(C)C.I. The summed E-state index contributed by atoms with van der Waals surface area (Å²) in [6.45, 7) is 8.80. The van der Waals surface area contributed by atoms with Gasteiger partial charge < -0.3 is 25.4 Å². The minimum Gasteiger partial charge on any atom is -0.493 e. The van der Waals surface area contributed by atoms with Crippen LogP contribution in [0.4, 0.5) is 0 Å². The Kier molecular flexibility index (Phi) is 14.5. The number of halogens is 1. The highest BCUT2D eigenvalue weighted by atomic mass is 127. The van der Waals surface area contributed by atoms with Gasteiger partial charge in [0.25, 0.3) is 0 Å². The standard InChI is InChI=1S/C20H34N4O3.HI/c1-15(2)8-10-27-18-12-16(3)6-7-17(18)13-23-20(21-4)24-14-19(25)22-9-11-26-5;/h6-7,12,15H,8-11,13-14H2,1-5H3,(H,22,25)(H2,21,23,24);1H. The number of carbonyl (C=O) groups excluding carboxylic acids is 1. The molecular weight excluding hydrogens is 471 g/mol. The molecule has 0 aliphatic heterocycles. The molecule has 8 heteroatoms. The lowest BCUT2D eigenvalue weighted by molar-refractivity contribution is -0.120. The van der Waals surface area contributed by atoms with Gasteiger partial charge in [-0.2, -0.15) is 0 Å². The molecule has 28 heavy (non-hydrogen) atoms. The van der Waals surface area contributed by atoms with Gasteiger partial charge in [0.1, 0.15) is 5.75 Å². The summed E-state index contributed by atoms with van der Waals surface area (Å²) in [5.74, 6) is 1.94. The van der Waals surface area contributed by atoms with Crippen molar-refractivity contribution >= 4 is 35.8 Å². The number of hydrogen-bond acceptors (Lipinski definition) is 4. The first kappa shape index (κ1) is 26.4. The van der Waals surface area contributed by atoms with Crippen LogP contribution in [-0.4, -0.2) is 52.3 Å². The van der Waals surface area contributed by atoms with Gasteiger partial charge in [-0.3, -0.25) is 9.79 Å². The van der Waals surface area contributed by atoms with E-state index in [0.717, 1.165) is 23.3 Å². The van der Waals surface area contributed by atoms with Crippen molar-refractivity contribution in [2.45, 2.75) is 33.7 Å². The fourth-order valence-electron chi connectivity index (χ4n) is 2.27. The number of aliphatic imine (C=N–C) groups is 1. The Hall–Kier alpha value is -1.55. The molecule has 3 N–H and O–H groups in total. The lowest BCUT2D eigenvalue weighted by atomic mass is 10.1. The fourth-order valence-corrected chi connectivity index (χ4v) is 2.27. The average Bonchev–Trinajstić information content (AvgIpc) is 2.63. The summed E-state index contributed by atoms with van der Waals surface area (Å²) in [5.41, 5.74) is 2.21. The van der Waals surface area contributed by atoms with Gasteiger partial charge in [-0.15, -0.1) is 24.0 Å². The summed E-state index contributed by atoms with van der Waals surface area (Å²) < 4.78 is 10.9. The molecule has 0 aliphatic carbocycles. The van der Waals surface area contributed by atoms with Crippen molar-refractivity contribution in [3.8, 4) is 5.75 Å². The van der Waals surface area contributed by atoms with E-state index in [2.05, 4.69) is 59.9 Å². The molecule has 160 valence electrons. The van der Waals surface area contributed by atoms with Crippen LogP contribution >= 0.6 is 24.0 Å². The summed E-state index contributed by atoms with van der Waals surface area (Å²) in [5, 5.41) is 8.98. The summed E-state index contributed by atoms with van der Waals surface area (Å²) >= 11 is 0. The molecule has 0 fully saturated rings. The molecule has 1 aromatic rings. The monoisotopic (exact) mass is 506 g/mol. The molecule has 0 bridgehead atoms. The Morgan fingerprint density at radius 2 is 1.93 bits per heavy atom. The van der Waals surface area contributed by atoms with Crippen molar-refractivity contribution in [1.29, 1.82) is 0 Å². The quantitative estimate of drug-likeness (QED) is 0.186. The summed E-state index contributed by atoms with van der Waals surface area (Å²) in [4.78, 5) is 15.9. The van der Waals surface area contributed by atoms with E-state index in [1.54, 1.807) is 14.2 Å². The first-order chi connectivity index (χ1) is 13.0. The third kappa shape index (κ3) is 11.3. The van der Waals surface area contributed by atoms with Gasteiger partial charge in [0.15, 0.2) is 5.96 Å². The summed E-state index contributed by atoms with van der Waals surface area (Å²) in [6, 6.07) is 6.17. The van der Waals surface area contributed by atoms with Crippen molar-refractivity contribution in [1.82, 2.24) is 16.0 Å². The highest BCUT2D eigenvalue weighted by molar-refractivity contribution is 14.0. The Bertz CT molecular complexity index is 609. The third-order valence-corrected chi connectivity index (χ3v) is 3.89. The number of amides is 1. The number of ether oxygens (including phenoxy) is 2. The maximum absolute atomic E-state index is 11.7. The molecule has 0 aromatic heterocycles. The molecule has 0 heterocycles. The molecule has 0 saturated heterocycles. The molecule has 1 rings (SSSR count). The fraction of sp³-hybridized carbons (Fsp3) is 0.600. The van der Waals surface area contributed by atoms with E-state index in [4.69, 9.17) is 9.47 Å². The van der Waals surface area contributed by atoms with Crippen molar-refractivity contribution < 1.29 is 14.3 Å². The van der Waals surface area contributed by atoms with Gasteiger partial charge in [-0.05, 0) is 30.9 Å². The predicted octanol–water partition coefficient (Wildman–Crippen LogP) is 2.47. The van der Waals surface area contributed by atoms with Crippen LogP contribution in [0.25, 0.3) is 0 Å². The third-order valence-electron chi connectivity index (χ3n) is 3.89.